The summed E-state index contributed by atoms with van der Waals surface area (Å²) in [4.78, 5) is 15.3. The predicted octanol–water partition coefficient (Wildman–Crippen LogP) is 5.21. The van der Waals surface area contributed by atoms with Gasteiger partial charge in [-0.15, -0.1) is 0 Å². The lowest BCUT2D eigenvalue weighted by Gasteiger charge is -2.31. The number of phenolic OH excluding ortho intramolecular Hbond substituents is 1. The van der Waals surface area contributed by atoms with Gasteiger partial charge in [0.15, 0.2) is 0 Å². The minimum absolute atomic E-state index is 0.182. The van der Waals surface area contributed by atoms with Gasteiger partial charge in [0.25, 0.3) is 0 Å². The number of carbonyl (C=O) groups is 1. The molecular weight excluding hydrogens is 366 g/mol. The number of furan rings is 1. The van der Waals surface area contributed by atoms with E-state index >= 15 is 0 Å². The number of phenols is 1. The van der Waals surface area contributed by atoms with Crippen LogP contribution in [-0.2, 0) is 11.3 Å². The van der Waals surface area contributed by atoms with Crippen LogP contribution in [0.4, 0.5) is 0 Å². The highest BCUT2D eigenvalue weighted by Crippen LogP contribution is 2.39. The van der Waals surface area contributed by atoms with Crippen molar-refractivity contribution in [2.24, 2.45) is 5.92 Å². The number of hydrogen-bond donors (Lipinski definition) is 1. The van der Waals surface area contributed by atoms with E-state index < -0.39 is 5.97 Å². The highest BCUT2D eigenvalue weighted by molar-refractivity contribution is 6.10. The van der Waals surface area contributed by atoms with Gasteiger partial charge < -0.3 is 14.3 Å². The maximum absolute atomic E-state index is 12.9. The normalized spacial score (nSPS) is 17.5. The largest absolute Gasteiger partial charge is 0.508 e. The van der Waals surface area contributed by atoms with Crippen molar-refractivity contribution in [3.63, 3.8) is 0 Å². The van der Waals surface area contributed by atoms with E-state index in [0.29, 0.717) is 34.8 Å². The smallest absolute Gasteiger partial charge is 0.342 e. The zero-order valence-electron chi connectivity index (χ0n) is 17.0. The Morgan fingerprint density at radius 2 is 2.03 bits per heavy atom. The number of fused-ring (bicyclic) bond motifs is 1. The maximum atomic E-state index is 12.9. The molecule has 4 rings (SSSR count). The van der Waals surface area contributed by atoms with Gasteiger partial charge in [-0.1, -0.05) is 37.3 Å². The fraction of sp³-hybridized carbons (Fsp3) is 0.375. The van der Waals surface area contributed by atoms with Gasteiger partial charge in [0.1, 0.15) is 22.7 Å². The second kappa shape index (κ2) is 8.29. The summed E-state index contributed by atoms with van der Waals surface area (Å²) < 4.78 is 11.5. The van der Waals surface area contributed by atoms with E-state index in [4.69, 9.17) is 9.15 Å². The number of hydrogen-bond acceptors (Lipinski definition) is 5. The molecule has 1 aliphatic rings. The van der Waals surface area contributed by atoms with Gasteiger partial charge in [-0.2, -0.15) is 0 Å². The quantitative estimate of drug-likeness (QED) is 0.603. The minimum Gasteiger partial charge on any atom is -0.508 e. The lowest BCUT2D eigenvalue weighted by Crippen LogP contribution is -2.33. The number of aromatic hydroxyl groups is 1. The molecule has 0 spiro atoms. The molecule has 0 aliphatic carbocycles. The summed E-state index contributed by atoms with van der Waals surface area (Å²) >= 11 is 0. The van der Waals surface area contributed by atoms with Crippen molar-refractivity contribution in [2.45, 2.75) is 33.2 Å². The molecule has 0 bridgehead atoms. The Kier molecular flexibility index (Phi) is 5.58. The van der Waals surface area contributed by atoms with Crippen LogP contribution in [-0.4, -0.2) is 35.7 Å². The Morgan fingerprint density at radius 1 is 1.24 bits per heavy atom. The molecule has 0 amide bonds. The standard InChI is InChI=1S/C24H27NO4/c1-3-28-24(27)22-21-18(15-25-13-7-8-16(2)14-25)19(26)11-12-20(21)29-23(22)17-9-5-4-6-10-17/h4-6,9-12,16,26H,3,7-8,13-15H2,1-2H3/t16-/m1/s1. The molecule has 5 nitrogen and oxygen atoms in total. The van der Waals surface area contributed by atoms with Gasteiger partial charge in [0, 0.05) is 29.6 Å². The number of benzene rings is 2. The molecule has 29 heavy (non-hydrogen) atoms. The first kappa shape index (κ1) is 19.5. The van der Waals surface area contributed by atoms with E-state index in [1.165, 1.54) is 6.42 Å². The Bertz CT molecular complexity index is 1010. The van der Waals surface area contributed by atoms with Crippen molar-refractivity contribution in [3.05, 3.63) is 53.6 Å². The van der Waals surface area contributed by atoms with Crippen molar-refractivity contribution >= 4 is 16.9 Å². The monoisotopic (exact) mass is 393 g/mol. The molecule has 1 aromatic heterocycles. The van der Waals surface area contributed by atoms with E-state index in [1.54, 1.807) is 19.1 Å². The number of nitrogens with zero attached hydrogens (tertiary/aromatic N) is 1. The average Bonchev–Trinajstić information content (AvgIpc) is 3.11. The summed E-state index contributed by atoms with van der Waals surface area (Å²) in [7, 11) is 0. The molecule has 0 radical (unpaired) electrons. The molecule has 1 saturated heterocycles. The molecule has 0 unspecified atom stereocenters. The summed E-state index contributed by atoms with van der Waals surface area (Å²) in [5.41, 5.74) is 2.52. The Labute approximate surface area is 170 Å². The van der Waals surface area contributed by atoms with Crippen LogP contribution in [0.25, 0.3) is 22.3 Å². The van der Waals surface area contributed by atoms with Crippen molar-refractivity contribution in [3.8, 4) is 17.1 Å². The molecule has 0 saturated carbocycles. The first-order valence-corrected chi connectivity index (χ1v) is 10.3. The Morgan fingerprint density at radius 3 is 2.76 bits per heavy atom. The van der Waals surface area contributed by atoms with Crippen LogP contribution in [0.5, 0.6) is 5.75 Å². The molecule has 2 aromatic carbocycles. The van der Waals surface area contributed by atoms with Gasteiger partial charge in [-0.25, -0.2) is 4.79 Å². The van der Waals surface area contributed by atoms with Gasteiger partial charge in [-0.05, 0) is 44.4 Å². The van der Waals surface area contributed by atoms with Crippen LogP contribution in [0.15, 0.2) is 46.9 Å². The summed E-state index contributed by atoms with van der Waals surface area (Å²) in [6.07, 6.45) is 2.37. The average molecular weight is 393 g/mol. The van der Waals surface area contributed by atoms with Gasteiger partial charge in [0.05, 0.1) is 6.61 Å². The van der Waals surface area contributed by atoms with E-state index in [2.05, 4.69) is 11.8 Å². The summed E-state index contributed by atoms with van der Waals surface area (Å²) in [6, 6.07) is 12.9. The van der Waals surface area contributed by atoms with Crippen molar-refractivity contribution in [2.75, 3.05) is 19.7 Å². The van der Waals surface area contributed by atoms with E-state index in [0.717, 1.165) is 30.6 Å². The first-order valence-electron chi connectivity index (χ1n) is 10.3. The number of piperidine rings is 1. The second-order valence-electron chi connectivity index (χ2n) is 7.81. The number of rotatable bonds is 5. The fourth-order valence-corrected chi connectivity index (χ4v) is 4.25. The fourth-order valence-electron chi connectivity index (χ4n) is 4.25. The third-order valence-electron chi connectivity index (χ3n) is 5.58. The Hall–Kier alpha value is -2.79. The number of esters is 1. The number of likely N-dealkylation sites (tertiary alicyclic amines) is 1. The van der Waals surface area contributed by atoms with Gasteiger partial charge >= 0.3 is 5.97 Å². The molecule has 2 heterocycles. The van der Waals surface area contributed by atoms with Crippen LogP contribution in [0, 0.1) is 5.92 Å². The lowest BCUT2D eigenvalue weighted by molar-refractivity contribution is 0.0528. The SMILES string of the molecule is CCOC(=O)c1c(-c2ccccc2)oc2ccc(O)c(CN3CCC[C@@H](C)C3)c12. The van der Waals surface area contributed by atoms with Crippen LogP contribution in [0.3, 0.4) is 0 Å². The van der Waals surface area contributed by atoms with Crippen LogP contribution >= 0.6 is 0 Å². The molecule has 152 valence electrons. The minimum atomic E-state index is -0.427. The zero-order valence-corrected chi connectivity index (χ0v) is 17.0. The van der Waals surface area contributed by atoms with E-state index in [-0.39, 0.29) is 12.4 Å². The third-order valence-corrected chi connectivity index (χ3v) is 5.58. The third kappa shape index (κ3) is 3.87. The topological polar surface area (TPSA) is 62.9 Å². The van der Waals surface area contributed by atoms with Gasteiger partial charge in [0.2, 0.25) is 0 Å². The van der Waals surface area contributed by atoms with Crippen molar-refractivity contribution in [1.29, 1.82) is 0 Å². The zero-order chi connectivity index (χ0) is 20.4. The number of ether oxygens (including phenoxy) is 1. The van der Waals surface area contributed by atoms with E-state index in [9.17, 15) is 9.90 Å². The molecule has 1 N–H and O–H groups in total. The molecule has 1 atom stereocenters. The molecule has 1 fully saturated rings. The van der Waals surface area contributed by atoms with E-state index in [1.807, 2.05) is 30.3 Å². The molecular formula is C24H27NO4. The summed E-state index contributed by atoms with van der Waals surface area (Å²) in [6.45, 7) is 6.86. The summed E-state index contributed by atoms with van der Waals surface area (Å²) in [5.74, 6) is 0.863. The van der Waals surface area contributed by atoms with Crippen molar-refractivity contribution in [1.82, 2.24) is 4.90 Å². The molecule has 3 aromatic rings. The number of carbonyl (C=O) groups excluding carboxylic acids is 1. The van der Waals surface area contributed by atoms with Crippen LogP contribution in [0.2, 0.25) is 0 Å². The maximum Gasteiger partial charge on any atom is 0.342 e. The summed E-state index contributed by atoms with van der Waals surface area (Å²) in [5, 5.41) is 11.4. The second-order valence-corrected chi connectivity index (χ2v) is 7.81. The predicted molar refractivity (Wildman–Crippen MR) is 113 cm³/mol. The molecule has 1 aliphatic heterocycles. The van der Waals surface area contributed by atoms with Crippen molar-refractivity contribution < 1.29 is 19.1 Å². The first-order chi connectivity index (χ1) is 14.1. The highest BCUT2D eigenvalue weighted by Gasteiger charge is 2.28. The molecule has 5 heteroatoms. The van der Waals surface area contributed by atoms with Crippen LogP contribution in [0.1, 0.15) is 42.6 Å². The Balaban J connectivity index is 1.88. The van der Waals surface area contributed by atoms with Crippen LogP contribution < -0.4 is 0 Å². The highest BCUT2D eigenvalue weighted by atomic mass is 16.5. The van der Waals surface area contributed by atoms with Gasteiger partial charge in [-0.3, -0.25) is 4.90 Å². The lowest BCUT2D eigenvalue weighted by atomic mass is 9.97.